The minimum Gasteiger partial charge on any atom is -0.256 e. The van der Waals surface area contributed by atoms with Gasteiger partial charge in [0.1, 0.15) is 0 Å². The molecule has 0 aliphatic heterocycles. The van der Waals surface area contributed by atoms with Crippen molar-refractivity contribution in [3.05, 3.63) is 54.2 Å². The zero-order valence-electron chi connectivity index (χ0n) is 8.49. The number of benzene rings is 1. The molecule has 2 aromatic rings. The zero-order valence-corrected chi connectivity index (χ0v) is 7.49. The summed E-state index contributed by atoms with van der Waals surface area (Å²) in [7, 11) is 0. The van der Waals surface area contributed by atoms with Crippen LogP contribution in [0.1, 0.15) is 6.93 Å². The number of rotatable bonds is 1. The number of aryl methyl sites for hydroxylation is 1. The van der Waals surface area contributed by atoms with Crippen LogP contribution in [0.2, 0.25) is 0 Å². The number of pyridine rings is 1. The summed E-state index contributed by atoms with van der Waals surface area (Å²) in [4.78, 5) is 4.20. The molecule has 0 fully saturated rings. The smallest absolute Gasteiger partial charge is 0.0702 e. The molecule has 1 heterocycles. The first-order valence-corrected chi connectivity index (χ1v) is 4.25. The Labute approximate surface area is 79.5 Å². The molecular formula is C12H11N. The maximum absolute atomic E-state index is 7.33. The summed E-state index contributed by atoms with van der Waals surface area (Å²) in [5, 5.41) is 0. The highest BCUT2D eigenvalue weighted by molar-refractivity contribution is 5.59. The highest BCUT2D eigenvalue weighted by Crippen LogP contribution is 2.16. The van der Waals surface area contributed by atoms with E-state index >= 15 is 0 Å². The lowest BCUT2D eigenvalue weighted by atomic mass is 10.1. The van der Waals surface area contributed by atoms with Crippen LogP contribution in [0.25, 0.3) is 11.3 Å². The second kappa shape index (κ2) is 3.40. The molecule has 0 unspecified atom stereocenters. The molecule has 1 nitrogen and oxygen atoms in total. The van der Waals surface area contributed by atoms with Crippen LogP contribution >= 0.6 is 0 Å². The van der Waals surface area contributed by atoms with Crippen molar-refractivity contribution < 1.29 is 1.37 Å². The SMILES string of the molecule is [2H]c1ccc(-c2cccc(C)c2)nc1. The van der Waals surface area contributed by atoms with Crippen molar-refractivity contribution >= 4 is 0 Å². The van der Waals surface area contributed by atoms with E-state index in [9.17, 15) is 0 Å². The van der Waals surface area contributed by atoms with Gasteiger partial charge < -0.3 is 0 Å². The summed E-state index contributed by atoms with van der Waals surface area (Å²) in [6, 6.07) is 12.3. The van der Waals surface area contributed by atoms with Gasteiger partial charge in [-0.3, -0.25) is 4.98 Å². The molecule has 0 saturated carbocycles. The number of nitrogens with zero attached hydrogens (tertiary/aromatic N) is 1. The van der Waals surface area contributed by atoms with Crippen LogP contribution in [0.4, 0.5) is 0 Å². The van der Waals surface area contributed by atoms with Crippen molar-refractivity contribution in [3.63, 3.8) is 0 Å². The molecule has 0 saturated heterocycles. The Morgan fingerprint density at radius 3 is 2.85 bits per heavy atom. The van der Waals surface area contributed by atoms with Gasteiger partial charge in [-0.1, -0.05) is 29.8 Å². The summed E-state index contributed by atoms with van der Waals surface area (Å²) in [6.45, 7) is 2.06. The van der Waals surface area contributed by atoms with E-state index in [4.69, 9.17) is 1.37 Å². The van der Waals surface area contributed by atoms with Crippen molar-refractivity contribution in [2.24, 2.45) is 0 Å². The molecule has 0 atom stereocenters. The molecule has 0 aliphatic carbocycles. The number of hydrogen-bond donors (Lipinski definition) is 0. The average Bonchev–Trinajstić information content (AvgIpc) is 2.19. The summed E-state index contributed by atoms with van der Waals surface area (Å²) in [5.41, 5.74) is 3.24. The van der Waals surface area contributed by atoms with Gasteiger partial charge in [0, 0.05) is 11.8 Å². The Morgan fingerprint density at radius 2 is 2.15 bits per heavy atom. The van der Waals surface area contributed by atoms with Crippen LogP contribution in [-0.4, -0.2) is 4.98 Å². The van der Waals surface area contributed by atoms with Gasteiger partial charge in [0.2, 0.25) is 0 Å². The fourth-order valence-corrected chi connectivity index (χ4v) is 1.30. The molecule has 13 heavy (non-hydrogen) atoms. The highest BCUT2D eigenvalue weighted by atomic mass is 14.7. The lowest BCUT2D eigenvalue weighted by Crippen LogP contribution is -1.81. The Hall–Kier alpha value is -1.63. The monoisotopic (exact) mass is 170 g/mol. The van der Waals surface area contributed by atoms with Gasteiger partial charge in [0.05, 0.1) is 7.06 Å². The van der Waals surface area contributed by atoms with E-state index in [0.29, 0.717) is 6.04 Å². The van der Waals surface area contributed by atoms with E-state index in [-0.39, 0.29) is 0 Å². The molecule has 2 rings (SSSR count). The predicted octanol–water partition coefficient (Wildman–Crippen LogP) is 3.06. The van der Waals surface area contributed by atoms with Crippen molar-refractivity contribution in [2.45, 2.75) is 6.92 Å². The van der Waals surface area contributed by atoms with Gasteiger partial charge in [-0.15, -0.1) is 0 Å². The second-order valence-electron chi connectivity index (χ2n) is 3.01. The molecule has 0 radical (unpaired) electrons. The van der Waals surface area contributed by atoms with E-state index in [1.165, 1.54) is 5.56 Å². The van der Waals surface area contributed by atoms with Gasteiger partial charge in [-0.25, -0.2) is 0 Å². The van der Waals surface area contributed by atoms with Gasteiger partial charge in [0.15, 0.2) is 0 Å². The molecule has 1 heteroatoms. The van der Waals surface area contributed by atoms with Crippen molar-refractivity contribution in [1.82, 2.24) is 4.98 Å². The normalized spacial score (nSPS) is 11.0. The van der Waals surface area contributed by atoms with E-state index in [1.54, 1.807) is 12.3 Å². The standard InChI is InChI=1S/C12H11N/c1-10-5-4-6-11(9-10)12-7-2-3-8-13-12/h2-9H,1H3/i3D. The Bertz CT molecular complexity index is 434. The topological polar surface area (TPSA) is 12.9 Å². The van der Waals surface area contributed by atoms with Gasteiger partial charge in [0.25, 0.3) is 0 Å². The quantitative estimate of drug-likeness (QED) is 0.641. The third kappa shape index (κ3) is 1.75. The maximum Gasteiger partial charge on any atom is 0.0702 e. The average molecular weight is 170 g/mol. The minimum atomic E-state index is 0.446. The summed E-state index contributed by atoms with van der Waals surface area (Å²) in [5.74, 6) is 0. The molecule has 64 valence electrons. The Morgan fingerprint density at radius 1 is 1.23 bits per heavy atom. The summed E-state index contributed by atoms with van der Waals surface area (Å²) in [6.07, 6.45) is 1.57. The fourth-order valence-electron chi connectivity index (χ4n) is 1.30. The van der Waals surface area contributed by atoms with Crippen LogP contribution < -0.4 is 0 Å². The van der Waals surface area contributed by atoms with Crippen LogP contribution in [0.15, 0.2) is 48.6 Å². The van der Waals surface area contributed by atoms with E-state index in [1.807, 2.05) is 18.2 Å². The van der Waals surface area contributed by atoms with Crippen LogP contribution in [0, 0.1) is 6.92 Å². The molecule has 1 aromatic heterocycles. The summed E-state index contributed by atoms with van der Waals surface area (Å²) >= 11 is 0. The molecule has 0 amide bonds. The first-order chi connectivity index (χ1) is 6.75. The first-order valence-electron chi connectivity index (χ1n) is 4.75. The maximum atomic E-state index is 7.33. The Balaban J connectivity index is 2.44. The zero-order chi connectivity index (χ0) is 9.97. The van der Waals surface area contributed by atoms with Gasteiger partial charge in [-0.2, -0.15) is 0 Å². The highest BCUT2D eigenvalue weighted by Gasteiger charge is 1.96. The van der Waals surface area contributed by atoms with Crippen LogP contribution in [-0.2, 0) is 0 Å². The van der Waals surface area contributed by atoms with Gasteiger partial charge >= 0.3 is 0 Å². The Kier molecular flexibility index (Phi) is 1.79. The third-order valence-electron chi connectivity index (χ3n) is 1.93. The molecule has 0 N–H and O–H groups in total. The third-order valence-corrected chi connectivity index (χ3v) is 1.93. The van der Waals surface area contributed by atoms with E-state index in [0.717, 1.165) is 11.3 Å². The lowest BCUT2D eigenvalue weighted by Gasteiger charge is -2.00. The van der Waals surface area contributed by atoms with Crippen molar-refractivity contribution in [2.75, 3.05) is 0 Å². The second-order valence-corrected chi connectivity index (χ2v) is 3.01. The molecule has 1 aromatic carbocycles. The van der Waals surface area contributed by atoms with Gasteiger partial charge in [-0.05, 0) is 25.1 Å². The summed E-state index contributed by atoms with van der Waals surface area (Å²) < 4.78 is 7.33. The number of hydrogen-bond acceptors (Lipinski definition) is 1. The van der Waals surface area contributed by atoms with Crippen LogP contribution in [0.5, 0.6) is 0 Å². The molecule has 0 aliphatic rings. The molecule has 0 spiro atoms. The van der Waals surface area contributed by atoms with Crippen molar-refractivity contribution in [1.29, 1.82) is 0 Å². The first kappa shape index (κ1) is 6.84. The predicted molar refractivity (Wildman–Crippen MR) is 54.4 cm³/mol. The molecule has 0 bridgehead atoms. The van der Waals surface area contributed by atoms with E-state index in [2.05, 4.69) is 24.0 Å². The fraction of sp³-hybridized carbons (Fsp3) is 0.0833. The largest absolute Gasteiger partial charge is 0.256 e. The number of aromatic nitrogens is 1. The van der Waals surface area contributed by atoms with Crippen LogP contribution in [0.3, 0.4) is 0 Å². The van der Waals surface area contributed by atoms with E-state index < -0.39 is 0 Å². The van der Waals surface area contributed by atoms with Crippen molar-refractivity contribution in [3.8, 4) is 11.3 Å². The molecular weight excluding hydrogens is 158 g/mol. The minimum absolute atomic E-state index is 0.446. The lowest BCUT2D eigenvalue weighted by molar-refractivity contribution is 1.32.